The summed E-state index contributed by atoms with van der Waals surface area (Å²) in [7, 11) is 4.34. The largest absolute Gasteiger partial charge is 1.00 e. The molecule has 0 saturated heterocycles. The van der Waals surface area contributed by atoms with E-state index in [4.69, 9.17) is 19.3 Å². The van der Waals surface area contributed by atoms with Crippen molar-refractivity contribution >= 4 is 21.9 Å². The number of carboxylic acid groups (broad SMARTS) is 1. The smallest absolute Gasteiger partial charge is 1.00 e. The van der Waals surface area contributed by atoms with Crippen LogP contribution in [-0.2, 0) is 9.47 Å². The monoisotopic (exact) mass is 344 g/mol. The third-order valence-electron chi connectivity index (χ3n) is 2.24. The van der Waals surface area contributed by atoms with Crippen molar-refractivity contribution in [2.45, 2.75) is 6.29 Å². The van der Waals surface area contributed by atoms with E-state index in [0.29, 0.717) is 10.0 Å². The first-order valence-electron chi connectivity index (χ1n) is 4.72. The van der Waals surface area contributed by atoms with Gasteiger partial charge >= 0.3 is 57.4 Å². The Balaban J connectivity index is 0. The van der Waals surface area contributed by atoms with Gasteiger partial charge in [-0.3, -0.25) is 0 Å². The molecule has 7 heteroatoms. The van der Waals surface area contributed by atoms with Gasteiger partial charge in [0.15, 0.2) is 6.29 Å². The van der Waals surface area contributed by atoms with Crippen molar-refractivity contribution in [3.63, 3.8) is 0 Å². The van der Waals surface area contributed by atoms with Gasteiger partial charge in [0.2, 0.25) is 0 Å². The molecule has 0 atom stereocenters. The average molecular weight is 345 g/mol. The van der Waals surface area contributed by atoms with E-state index < -0.39 is 12.3 Å². The van der Waals surface area contributed by atoms with Gasteiger partial charge in [0, 0.05) is 18.7 Å². The molecule has 0 radical (unpaired) electrons. The van der Waals surface area contributed by atoms with E-state index in [1.165, 1.54) is 21.3 Å². The Bertz CT molecular complexity index is 426. The van der Waals surface area contributed by atoms with Crippen LogP contribution in [0.25, 0.3) is 0 Å². The number of hydrogen-bond donors (Lipinski definition) is 1. The Kier molecular flexibility index (Phi) is 8.90. The maximum absolute atomic E-state index is 11.2. The number of aromatic carboxylic acids is 1. The number of ether oxygens (including phenoxy) is 3. The maximum atomic E-state index is 11.2. The van der Waals surface area contributed by atoms with Crippen molar-refractivity contribution in [2.24, 2.45) is 0 Å². The summed E-state index contributed by atoms with van der Waals surface area (Å²) in [5, 5.41) is 9.14. The number of rotatable bonds is 5. The van der Waals surface area contributed by atoms with Crippen LogP contribution in [0.3, 0.4) is 0 Å². The van der Waals surface area contributed by atoms with Crippen LogP contribution in [0.1, 0.15) is 23.6 Å². The van der Waals surface area contributed by atoms with Crippen LogP contribution in [0, 0.1) is 0 Å². The third-order valence-corrected chi connectivity index (χ3v) is 2.90. The van der Waals surface area contributed by atoms with Crippen LogP contribution < -0.4 is 56.1 Å². The van der Waals surface area contributed by atoms with E-state index in [0.717, 1.165) is 0 Å². The van der Waals surface area contributed by atoms with Crippen LogP contribution >= 0.6 is 15.9 Å². The number of carboxylic acids is 1. The number of halogens is 1. The summed E-state index contributed by atoms with van der Waals surface area (Å²) < 4.78 is 15.8. The first kappa shape index (κ1) is 18.5. The normalized spacial score (nSPS) is 10.1. The minimum atomic E-state index is -1.08. The summed E-state index contributed by atoms with van der Waals surface area (Å²) >= 11 is 3.17. The molecular formula is C11H14BrKO5. The SMILES string of the molecule is COc1c(C(OC)OC)ccc(Br)c1C(=O)O.[H-].[K+]. The van der Waals surface area contributed by atoms with Gasteiger partial charge in [-0.05, 0) is 28.1 Å². The van der Waals surface area contributed by atoms with E-state index in [1.54, 1.807) is 12.1 Å². The van der Waals surface area contributed by atoms with Crippen LogP contribution in [0.15, 0.2) is 16.6 Å². The molecule has 1 aromatic rings. The van der Waals surface area contributed by atoms with E-state index in [1.807, 2.05) is 0 Å². The molecule has 1 aromatic carbocycles. The van der Waals surface area contributed by atoms with Crippen molar-refractivity contribution in [2.75, 3.05) is 21.3 Å². The number of carbonyl (C=O) groups is 1. The second-order valence-corrected chi connectivity index (χ2v) is 4.01. The van der Waals surface area contributed by atoms with Gasteiger partial charge in [-0.2, -0.15) is 0 Å². The van der Waals surface area contributed by atoms with E-state index >= 15 is 0 Å². The second-order valence-electron chi connectivity index (χ2n) is 3.15. The minimum Gasteiger partial charge on any atom is -1.00 e. The molecule has 0 unspecified atom stereocenters. The Hall–Kier alpha value is 0.526. The molecule has 1 N–H and O–H groups in total. The maximum Gasteiger partial charge on any atom is 1.00 e. The van der Waals surface area contributed by atoms with Gasteiger partial charge in [0.1, 0.15) is 11.3 Å². The molecule has 0 aliphatic heterocycles. The Labute approximate surface area is 158 Å². The van der Waals surface area contributed by atoms with Gasteiger partial charge in [-0.1, -0.05) is 0 Å². The van der Waals surface area contributed by atoms with Gasteiger partial charge in [-0.25, -0.2) is 4.79 Å². The van der Waals surface area contributed by atoms with Gasteiger partial charge in [0.05, 0.1) is 12.7 Å². The van der Waals surface area contributed by atoms with Crippen molar-refractivity contribution < 1.29 is 76.9 Å². The number of benzene rings is 1. The molecule has 0 saturated carbocycles. The Morgan fingerprint density at radius 1 is 1.33 bits per heavy atom. The summed E-state index contributed by atoms with van der Waals surface area (Å²) in [6.45, 7) is 0. The topological polar surface area (TPSA) is 65.0 Å². The molecule has 1 rings (SSSR count). The van der Waals surface area contributed by atoms with E-state index in [-0.39, 0.29) is 64.1 Å². The fourth-order valence-corrected chi connectivity index (χ4v) is 2.01. The van der Waals surface area contributed by atoms with Gasteiger partial charge in [0.25, 0.3) is 0 Å². The molecule has 0 aliphatic rings. The average Bonchev–Trinajstić information content (AvgIpc) is 2.31. The Morgan fingerprint density at radius 3 is 2.28 bits per heavy atom. The summed E-state index contributed by atoms with van der Waals surface area (Å²) in [5.41, 5.74) is 0.571. The van der Waals surface area contributed by atoms with Gasteiger partial charge < -0.3 is 20.7 Å². The fourth-order valence-electron chi connectivity index (χ4n) is 1.53. The van der Waals surface area contributed by atoms with E-state index in [9.17, 15) is 4.79 Å². The predicted octanol–water partition coefficient (Wildman–Crippen LogP) is -0.436. The first-order valence-corrected chi connectivity index (χ1v) is 5.51. The molecule has 0 aliphatic carbocycles. The molecule has 0 amide bonds. The molecule has 0 bridgehead atoms. The number of hydrogen-bond acceptors (Lipinski definition) is 4. The zero-order valence-electron chi connectivity index (χ0n) is 11.7. The minimum absolute atomic E-state index is 0. The van der Waals surface area contributed by atoms with Crippen LogP contribution in [0.5, 0.6) is 5.75 Å². The van der Waals surface area contributed by atoms with Crippen LogP contribution in [-0.4, -0.2) is 32.4 Å². The molecule has 18 heavy (non-hydrogen) atoms. The van der Waals surface area contributed by atoms with Crippen molar-refractivity contribution in [3.8, 4) is 5.75 Å². The van der Waals surface area contributed by atoms with Crippen LogP contribution in [0.4, 0.5) is 0 Å². The standard InChI is InChI=1S/C11H13BrO5.K.H/c1-15-9-6(11(16-2)17-3)4-5-7(12)8(9)10(13)14;;/h4-5,11H,1-3H3,(H,13,14);;/q;+1;-1. The molecule has 0 aromatic heterocycles. The third kappa shape index (κ3) is 4.01. The first-order chi connectivity index (χ1) is 8.06. The molecule has 0 spiro atoms. The zero-order chi connectivity index (χ0) is 13.0. The van der Waals surface area contributed by atoms with Gasteiger partial charge in [-0.15, -0.1) is 0 Å². The summed E-state index contributed by atoms with van der Waals surface area (Å²) in [6.07, 6.45) is -0.670. The van der Waals surface area contributed by atoms with Crippen molar-refractivity contribution in [1.29, 1.82) is 0 Å². The molecule has 0 heterocycles. The number of methoxy groups -OCH3 is 3. The zero-order valence-corrected chi connectivity index (χ0v) is 15.4. The summed E-state index contributed by atoms with van der Waals surface area (Å²) in [5.74, 6) is -0.859. The quantitative estimate of drug-likeness (QED) is 0.579. The fraction of sp³-hybridized carbons (Fsp3) is 0.364. The second kappa shape index (κ2) is 8.65. The molecule has 96 valence electrons. The summed E-state index contributed by atoms with van der Waals surface area (Å²) in [6, 6.07) is 3.30. The Morgan fingerprint density at radius 2 is 1.89 bits per heavy atom. The van der Waals surface area contributed by atoms with Crippen LogP contribution in [0.2, 0.25) is 0 Å². The molecule has 0 fully saturated rings. The predicted molar refractivity (Wildman–Crippen MR) is 65.5 cm³/mol. The molecular weight excluding hydrogens is 331 g/mol. The molecule has 5 nitrogen and oxygen atoms in total. The van der Waals surface area contributed by atoms with E-state index in [2.05, 4.69) is 15.9 Å². The van der Waals surface area contributed by atoms with Crippen molar-refractivity contribution in [3.05, 3.63) is 27.7 Å². The van der Waals surface area contributed by atoms with Crippen molar-refractivity contribution in [1.82, 2.24) is 0 Å². The summed E-state index contributed by atoms with van der Waals surface area (Å²) in [4.78, 5) is 11.2.